The molecule has 0 aliphatic rings. The lowest BCUT2D eigenvalue weighted by atomic mass is 10.1. The summed E-state index contributed by atoms with van der Waals surface area (Å²) in [5.41, 5.74) is -0.207. The summed E-state index contributed by atoms with van der Waals surface area (Å²) in [6.45, 7) is 1.75. The molecule has 0 amide bonds. The molecule has 4 nitrogen and oxygen atoms in total. The number of pyridine rings is 2. The highest BCUT2D eigenvalue weighted by atomic mass is 19.4. The van der Waals surface area contributed by atoms with E-state index in [1.165, 1.54) is 0 Å². The van der Waals surface area contributed by atoms with E-state index in [1.54, 1.807) is 31.5 Å². The Morgan fingerprint density at radius 1 is 1.29 bits per heavy atom. The lowest BCUT2D eigenvalue weighted by Crippen LogP contribution is -2.14. The van der Waals surface area contributed by atoms with Gasteiger partial charge in [0.1, 0.15) is 17.6 Å². The second-order valence-corrected chi connectivity index (χ2v) is 4.35. The van der Waals surface area contributed by atoms with Crippen LogP contribution in [0.2, 0.25) is 0 Å². The predicted molar refractivity (Wildman–Crippen MR) is 70.2 cm³/mol. The van der Waals surface area contributed by atoms with Crippen molar-refractivity contribution in [3.8, 4) is 6.07 Å². The zero-order valence-electron chi connectivity index (χ0n) is 11.0. The maximum absolute atomic E-state index is 12.7. The highest BCUT2D eigenvalue weighted by Gasteiger charge is 2.33. The molecule has 1 atom stereocenters. The number of nitrogens with one attached hydrogen (secondary N) is 1. The van der Waals surface area contributed by atoms with Gasteiger partial charge in [0.05, 0.1) is 11.6 Å². The van der Waals surface area contributed by atoms with Crippen molar-refractivity contribution in [2.24, 2.45) is 0 Å². The quantitative estimate of drug-likeness (QED) is 0.940. The first-order chi connectivity index (χ1) is 9.91. The van der Waals surface area contributed by atoms with Crippen LogP contribution in [0.1, 0.15) is 29.8 Å². The minimum absolute atomic E-state index is 0.0544. The van der Waals surface area contributed by atoms with Crippen molar-refractivity contribution in [3.63, 3.8) is 0 Å². The van der Waals surface area contributed by atoms with Crippen LogP contribution < -0.4 is 5.32 Å². The van der Waals surface area contributed by atoms with Gasteiger partial charge < -0.3 is 5.32 Å². The van der Waals surface area contributed by atoms with Crippen LogP contribution in [0.25, 0.3) is 0 Å². The second kappa shape index (κ2) is 5.79. The maximum atomic E-state index is 12.7. The number of nitriles is 1. The minimum Gasteiger partial charge on any atom is -0.362 e. The summed E-state index contributed by atoms with van der Waals surface area (Å²) >= 11 is 0. The summed E-state index contributed by atoms with van der Waals surface area (Å²) in [5, 5.41) is 11.8. The van der Waals surface area contributed by atoms with Gasteiger partial charge in [0, 0.05) is 12.4 Å². The molecule has 0 spiro atoms. The molecule has 0 bridgehead atoms. The molecule has 2 aromatic heterocycles. The van der Waals surface area contributed by atoms with Gasteiger partial charge in [0.15, 0.2) is 0 Å². The van der Waals surface area contributed by atoms with Gasteiger partial charge >= 0.3 is 6.18 Å². The van der Waals surface area contributed by atoms with Crippen LogP contribution in [0.15, 0.2) is 36.7 Å². The standard InChI is InChI=1S/C14H11F3N4/c1-9(11-3-2-6-19-8-11)20-13-10(7-18)4-5-12(21-13)14(15,16)17/h2-6,8-9H,1H3,(H,20,21). The van der Waals surface area contributed by atoms with Crippen molar-refractivity contribution in [2.45, 2.75) is 19.1 Å². The lowest BCUT2D eigenvalue weighted by molar-refractivity contribution is -0.141. The Labute approximate surface area is 119 Å². The van der Waals surface area contributed by atoms with Crippen LogP contribution in [0.3, 0.4) is 0 Å². The average Bonchev–Trinajstić information content (AvgIpc) is 2.47. The predicted octanol–water partition coefficient (Wildman–Crippen LogP) is 3.54. The molecule has 1 unspecified atom stereocenters. The Bertz CT molecular complexity index is 662. The number of aromatic nitrogens is 2. The Balaban J connectivity index is 2.32. The van der Waals surface area contributed by atoms with Gasteiger partial charge in [-0.15, -0.1) is 0 Å². The van der Waals surface area contributed by atoms with Crippen molar-refractivity contribution in [1.29, 1.82) is 5.26 Å². The molecule has 0 fully saturated rings. The fourth-order valence-electron chi connectivity index (χ4n) is 1.74. The summed E-state index contributed by atoms with van der Waals surface area (Å²) in [5.74, 6) is -0.0938. The Kier molecular flexibility index (Phi) is 4.08. The number of hydrogen-bond donors (Lipinski definition) is 1. The highest BCUT2D eigenvalue weighted by molar-refractivity contribution is 5.53. The monoisotopic (exact) mass is 292 g/mol. The fraction of sp³-hybridized carbons (Fsp3) is 0.214. The number of rotatable bonds is 3. The van der Waals surface area contributed by atoms with E-state index >= 15 is 0 Å². The normalized spacial score (nSPS) is 12.5. The van der Waals surface area contributed by atoms with Gasteiger partial charge in [-0.1, -0.05) is 6.07 Å². The number of nitrogens with zero attached hydrogens (tertiary/aromatic N) is 3. The largest absolute Gasteiger partial charge is 0.433 e. The molecular weight excluding hydrogens is 281 g/mol. The van der Waals surface area contributed by atoms with Gasteiger partial charge in [-0.05, 0) is 30.7 Å². The van der Waals surface area contributed by atoms with E-state index in [-0.39, 0.29) is 17.4 Å². The molecule has 2 rings (SSSR count). The summed E-state index contributed by atoms with van der Waals surface area (Å²) in [6.07, 6.45) is -1.36. The molecule has 7 heteroatoms. The van der Waals surface area contributed by atoms with Gasteiger partial charge in [-0.25, -0.2) is 4.98 Å². The number of hydrogen-bond acceptors (Lipinski definition) is 4. The topological polar surface area (TPSA) is 61.6 Å². The summed E-state index contributed by atoms with van der Waals surface area (Å²) in [7, 11) is 0. The van der Waals surface area contributed by atoms with Crippen molar-refractivity contribution < 1.29 is 13.2 Å². The molecule has 21 heavy (non-hydrogen) atoms. The van der Waals surface area contributed by atoms with Crippen LogP contribution in [0.5, 0.6) is 0 Å². The van der Waals surface area contributed by atoms with Crippen molar-refractivity contribution in [1.82, 2.24) is 9.97 Å². The fourth-order valence-corrected chi connectivity index (χ4v) is 1.74. The number of alkyl halides is 3. The first-order valence-corrected chi connectivity index (χ1v) is 6.06. The molecule has 1 N–H and O–H groups in total. The smallest absolute Gasteiger partial charge is 0.362 e. The average molecular weight is 292 g/mol. The zero-order valence-corrected chi connectivity index (χ0v) is 11.0. The van der Waals surface area contributed by atoms with Gasteiger partial charge in [0.25, 0.3) is 0 Å². The first kappa shape index (κ1) is 14.8. The van der Waals surface area contributed by atoms with Crippen LogP contribution in [0.4, 0.5) is 19.0 Å². The van der Waals surface area contributed by atoms with Crippen LogP contribution in [0, 0.1) is 11.3 Å². The van der Waals surface area contributed by atoms with E-state index in [2.05, 4.69) is 15.3 Å². The molecule has 0 aromatic carbocycles. The maximum Gasteiger partial charge on any atom is 0.433 e. The third-order valence-corrected chi connectivity index (χ3v) is 2.84. The second-order valence-electron chi connectivity index (χ2n) is 4.35. The zero-order chi connectivity index (χ0) is 15.5. The van der Waals surface area contributed by atoms with E-state index < -0.39 is 11.9 Å². The van der Waals surface area contributed by atoms with E-state index in [4.69, 9.17) is 5.26 Å². The third-order valence-electron chi connectivity index (χ3n) is 2.84. The van der Waals surface area contributed by atoms with Crippen molar-refractivity contribution >= 4 is 5.82 Å². The first-order valence-electron chi connectivity index (χ1n) is 6.06. The van der Waals surface area contributed by atoms with E-state index in [9.17, 15) is 13.2 Å². The van der Waals surface area contributed by atoms with Crippen LogP contribution in [-0.4, -0.2) is 9.97 Å². The summed E-state index contributed by atoms with van der Waals surface area (Å²) < 4.78 is 38.0. The van der Waals surface area contributed by atoms with Crippen LogP contribution >= 0.6 is 0 Å². The molecule has 0 saturated heterocycles. The molecule has 0 aliphatic heterocycles. The van der Waals surface area contributed by atoms with E-state index in [0.717, 1.165) is 17.7 Å². The van der Waals surface area contributed by atoms with Crippen molar-refractivity contribution in [3.05, 3.63) is 53.5 Å². The Hall–Kier alpha value is -2.62. The molecule has 0 aliphatic carbocycles. The third kappa shape index (κ3) is 3.48. The van der Waals surface area contributed by atoms with Crippen LogP contribution in [-0.2, 0) is 6.18 Å². The Morgan fingerprint density at radius 2 is 2.05 bits per heavy atom. The molecule has 0 saturated carbocycles. The van der Waals surface area contributed by atoms with Gasteiger partial charge in [-0.2, -0.15) is 18.4 Å². The number of halogens is 3. The van der Waals surface area contributed by atoms with Gasteiger partial charge in [-0.3, -0.25) is 4.98 Å². The molecule has 2 aromatic rings. The minimum atomic E-state index is -4.55. The Morgan fingerprint density at radius 3 is 2.62 bits per heavy atom. The highest BCUT2D eigenvalue weighted by Crippen LogP contribution is 2.30. The van der Waals surface area contributed by atoms with Gasteiger partial charge in [0.2, 0.25) is 0 Å². The summed E-state index contributed by atoms with van der Waals surface area (Å²) in [4.78, 5) is 7.44. The van der Waals surface area contributed by atoms with E-state index in [0.29, 0.717) is 0 Å². The number of anilines is 1. The van der Waals surface area contributed by atoms with Crippen molar-refractivity contribution in [2.75, 3.05) is 5.32 Å². The lowest BCUT2D eigenvalue weighted by Gasteiger charge is -2.16. The molecule has 0 radical (unpaired) electrons. The molecule has 2 heterocycles. The SMILES string of the molecule is CC(Nc1nc(C(F)(F)F)ccc1C#N)c1cccnc1. The summed E-state index contributed by atoms with van der Waals surface area (Å²) in [6, 6.07) is 6.89. The molecule has 108 valence electrons. The van der Waals surface area contributed by atoms with E-state index in [1.807, 2.05) is 6.07 Å². The molecular formula is C14H11F3N4.